The molecular formula is C16H12BrClN2O. The molecule has 0 bridgehead atoms. The molecule has 0 aliphatic carbocycles. The molecule has 0 radical (unpaired) electrons. The van der Waals surface area contributed by atoms with Gasteiger partial charge in [0.1, 0.15) is 0 Å². The Bertz CT molecular complexity index is 684. The van der Waals surface area contributed by atoms with Gasteiger partial charge in [-0.2, -0.15) is 5.10 Å². The molecule has 0 aromatic heterocycles. The lowest BCUT2D eigenvalue weighted by Gasteiger charge is -2.01. The third-order valence-corrected chi connectivity index (χ3v) is 3.47. The van der Waals surface area contributed by atoms with E-state index in [0.717, 1.165) is 5.56 Å². The molecular weight excluding hydrogens is 352 g/mol. The van der Waals surface area contributed by atoms with Gasteiger partial charge in [-0.1, -0.05) is 54.1 Å². The highest BCUT2D eigenvalue weighted by atomic mass is 79.9. The minimum absolute atomic E-state index is 0.303. The maximum atomic E-state index is 11.9. The van der Waals surface area contributed by atoms with Gasteiger partial charge in [0.2, 0.25) is 0 Å². The highest BCUT2D eigenvalue weighted by Crippen LogP contribution is 2.15. The van der Waals surface area contributed by atoms with Gasteiger partial charge in [-0.05, 0) is 39.7 Å². The fourth-order valence-electron chi connectivity index (χ4n) is 1.60. The first kappa shape index (κ1) is 15.5. The van der Waals surface area contributed by atoms with Gasteiger partial charge in [0.05, 0.1) is 16.8 Å². The van der Waals surface area contributed by atoms with Crippen molar-refractivity contribution in [3.8, 4) is 0 Å². The largest absolute Gasteiger partial charge is 0.272 e. The van der Waals surface area contributed by atoms with Gasteiger partial charge in [-0.15, -0.1) is 0 Å². The van der Waals surface area contributed by atoms with Crippen LogP contribution in [0.1, 0.15) is 15.9 Å². The van der Waals surface area contributed by atoms with Crippen LogP contribution in [0.2, 0.25) is 0 Å². The molecule has 0 spiro atoms. The molecule has 0 saturated heterocycles. The van der Waals surface area contributed by atoms with Crippen LogP contribution < -0.4 is 5.43 Å². The Hall–Kier alpha value is -1.91. The number of nitrogens with one attached hydrogen (secondary N) is 1. The van der Waals surface area contributed by atoms with E-state index in [-0.39, 0.29) is 5.91 Å². The lowest BCUT2D eigenvalue weighted by atomic mass is 10.2. The average molecular weight is 364 g/mol. The number of benzene rings is 2. The average Bonchev–Trinajstić information content (AvgIpc) is 2.48. The molecule has 106 valence electrons. The standard InChI is InChI=1S/C16H12BrClN2O/c17-15-9-5-4-8-14(15)16(21)20-19-11-13(18)10-12-6-2-1-3-7-12/h1-11H,(H,20,21)/b13-10-,19-11+. The predicted molar refractivity (Wildman–Crippen MR) is 90.4 cm³/mol. The van der Waals surface area contributed by atoms with Crippen molar-refractivity contribution in [2.45, 2.75) is 0 Å². The number of carbonyl (C=O) groups excluding carboxylic acids is 1. The normalized spacial score (nSPS) is 11.6. The lowest BCUT2D eigenvalue weighted by Crippen LogP contribution is -2.17. The van der Waals surface area contributed by atoms with Gasteiger partial charge >= 0.3 is 0 Å². The highest BCUT2D eigenvalue weighted by Gasteiger charge is 2.07. The van der Waals surface area contributed by atoms with Gasteiger partial charge in [0, 0.05) is 4.47 Å². The Morgan fingerprint density at radius 2 is 1.76 bits per heavy atom. The number of hydrogen-bond donors (Lipinski definition) is 1. The maximum Gasteiger partial charge on any atom is 0.272 e. The van der Waals surface area contributed by atoms with Gasteiger partial charge in [0.25, 0.3) is 5.91 Å². The molecule has 0 unspecified atom stereocenters. The summed E-state index contributed by atoms with van der Waals surface area (Å²) in [4.78, 5) is 11.9. The van der Waals surface area contributed by atoms with Crippen LogP contribution >= 0.6 is 27.5 Å². The van der Waals surface area contributed by atoms with Crippen molar-refractivity contribution in [2.24, 2.45) is 5.10 Å². The molecule has 1 N–H and O–H groups in total. The number of halogens is 2. The summed E-state index contributed by atoms with van der Waals surface area (Å²) in [7, 11) is 0. The first-order chi connectivity index (χ1) is 10.2. The number of carbonyl (C=O) groups is 1. The van der Waals surface area contributed by atoms with Gasteiger partial charge in [-0.25, -0.2) is 5.43 Å². The van der Waals surface area contributed by atoms with E-state index in [2.05, 4.69) is 26.5 Å². The Morgan fingerprint density at radius 1 is 1.10 bits per heavy atom. The smallest absolute Gasteiger partial charge is 0.267 e. The summed E-state index contributed by atoms with van der Waals surface area (Å²) in [6.07, 6.45) is 3.15. The fourth-order valence-corrected chi connectivity index (χ4v) is 2.24. The van der Waals surface area contributed by atoms with Crippen LogP contribution in [0.4, 0.5) is 0 Å². The van der Waals surface area contributed by atoms with Gasteiger partial charge < -0.3 is 0 Å². The van der Waals surface area contributed by atoms with Gasteiger partial charge in [0.15, 0.2) is 0 Å². The van der Waals surface area contributed by atoms with Crippen LogP contribution in [-0.2, 0) is 0 Å². The van der Waals surface area contributed by atoms with Crippen molar-refractivity contribution in [3.63, 3.8) is 0 Å². The van der Waals surface area contributed by atoms with E-state index >= 15 is 0 Å². The molecule has 2 aromatic rings. The molecule has 5 heteroatoms. The molecule has 0 heterocycles. The predicted octanol–water partition coefficient (Wildman–Crippen LogP) is 4.44. The van der Waals surface area contributed by atoms with E-state index in [0.29, 0.717) is 15.1 Å². The van der Waals surface area contributed by atoms with Gasteiger partial charge in [-0.3, -0.25) is 4.79 Å². The lowest BCUT2D eigenvalue weighted by molar-refractivity contribution is 0.0954. The van der Waals surface area contributed by atoms with Crippen molar-refractivity contribution in [2.75, 3.05) is 0 Å². The number of hydrogen-bond acceptors (Lipinski definition) is 2. The first-order valence-corrected chi connectivity index (χ1v) is 7.34. The molecule has 2 rings (SSSR count). The van der Waals surface area contributed by atoms with E-state index in [1.165, 1.54) is 6.21 Å². The zero-order chi connectivity index (χ0) is 15.1. The van der Waals surface area contributed by atoms with E-state index in [1.54, 1.807) is 24.3 Å². The monoisotopic (exact) mass is 362 g/mol. The number of rotatable bonds is 4. The van der Waals surface area contributed by atoms with E-state index in [9.17, 15) is 4.79 Å². The molecule has 21 heavy (non-hydrogen) atoms. The number of amides is 1. The van der Waals surface area contributed by atoms with Crippen molar-refractivity contribution >= 4 is 45.7 Å². The Morgan fingerprint density at radius 3 is 2.48 bits per heavy atom. The van der Waals surface area contributed by atoms with Crippen molar-refractivity contribution in [3.05, 3.63) is 75.2 Å². The molecule has 1 amide bonds. The van der Waals surface area contributed by atoms with Crippen LogP contribution in [0.5, 0.6) is 0 Å². The summed E-state index contributed by atoms with van der Waals surface area (Å²) < 4.78 is 0.712. The Labute approximate surface area is 136 Å². The van der Waals surface area contributed by atoms with Crippen molar-refractivity contribution in [1.29, 1.82) is 0 Å². The molecule has 3 nitrogen and oxygen atoms in total. The quantitative estimate of drug-likeness (QED) is 0.633. The Kier molecular flexibility index (Phi) is 5.72. The maximum absolute atomic E-state index is 11.9. The molecule has 0 aliphatic rings. The summed E-state index contributed by atoms with van der Waals surface area (Å²) in [6.45, 7) is 0. The van der Waals surface area contributed by atoms with Crippen molar-refractivity contribution in [1.82, 2.24) is 5.43 Å². The van der Waals surface area contributed by atoms with Crippen LogP contribution in [0, 0.1) is 0 Å². The van der Waals surface area contributed by atoms with Crippen LogP contribution in [0.25, 0.3) is 6.08 Å². The van der Waals surface area contributed by atoms with Crippen molar-refractivity contribution < 1.29 is 4.79 Å². The summed E-state index contributed by atoms with van der Waals surface area (Å²) in [6, 6.07) is 16.7. The second kappa shape index (κ2) is 7.76. The molecule has 0 saturated carbocycles. The number of hydrazone groups is 1. The second-order valence-corrected chi connectivity index (χ2v) is 5.41. The summed E-state index contributed by atoms with van der Waals surface area (Å²) in [5.74, 6) is -0.303. The van der Waals surface area contributed by atoms with Crippen LogP contribution in [0.3, 0.4) is 0 Å². The zero-order valence-corrected chi connectivity index (χ0v) is 13.3. The number of allylic oxidation sites excluding steroid dienone is 1. The second-order valence-electron chi connectivity index (χ2n) is 4.12. The first-order valence-electron chi connectivity index (χ1n) is 6.17. The molecule has 2 aromatic carbocycles. The van der Waals surface area contributed by atoms with Crippen LogP contribution in [-0.4, -0.2) is 12.1 Å². The van der Waals surface area contributed by atoms with E-state index in [4.69, 9.17) is 11.6 Å². The minimum Gasteiger partial charge on any atom is -0.267 e. The van der Waals surface area contributed by atoms with E-state index in [1.807, 2.05) is 36.4 Å². The summed E-state index contributed by atoms with van der Waals surface area (Å²) in [5.41, 5.74) is 3.91. The molecule has 0 fully saturated rings. The summed E-state index contributed by atoms with van der Waals surface area (Å²) >= 11 is 9.34. The Balaban J connectivity index is 1.98. The molecule has 0 atom stereocenters. The minimum atomic E-state index is -0.303. The topological polar surface area (TPSA) is 41.5 Å². The summed E-state index contributed by atoms with van der Waals surface area (Å²) in [5, 5.41) is 4.26. The zero-order valence-electron chi connectivity index (χ0n) is 11.0. The third-order valence-electron chi connectivity index (χ3n) is 2.58. The molecule has 0 aliphatic heterocycles. The van der Waals surface area contributed by atoms with Crippen LogP contribution in [0.15, 0.2) is 69.2 Å². The van der Waals surface area contributed by atoms with E-state index < -0.39 is 0 Å². The highest BCUT2D eigenvalue weighted by molar-refractivity contribution is 9.10. The SMILES string of the molecule is O=C(N/N=C/C(Cl)=C/c1ccccc1)c1ccccc1Br. The third kappa shape index (κ3) is 4.85. The number of nitrogens with zero attached hydrogens (tertiary/aromatic N) is 1. The fraction of sp³-hybridized carbons (Fsp3) is 0.